The predicted molar refractivity (Wildman–Crippen MR) is 95.9 cm³/mol. The molecule has 1 aromatic heterocycles. The first kappa shape index (κ1) is 17.3. The average molecular weight is 312 g/mol. The fourth-order valence-corrected chi connectivity index (χ4v) is 2.85. The second-order valence-electron chi connectivity index (χ2n) is 5.45. The summed E-state index contributed by atoms with van der Waals surface area (Å²) in [6.45, 7) is 9.61. The van der Waals surface area contributed by atoms with E-state index >= 15 is 0 Å². The highest BCUT2D eigenvalue weighted by atomic mass is 16.5. The number of fused-ring (bicyclic) bond motifs is 1. The zero-order valence-electron chi connectivity index (χ0n) is 14.5. The maximum atomic E-state index is 9.51. The third-order valence-electron chi connectivity index (χ3n) is 3.86. The lowest BCUT2D eigenvalue weighted by Gasteiger charge is -2.26. The van der Waals surface area contributed by atoms with Crippen LogP contribution in [-0.2, 0) is 6.61 Å². The summed E-state index contributed by atoms with van der Waals surface area (Å²) in [6.07, 6.45) is 3.12. The molecule has 4 heteroatoms. The molecule has 0 saturated carbocycles. The fourth-order valence-electron chi connectivity index (χ4n) is 2.85. The van der Waals surface area contributed by atoms with Crippen molar-refractivity contribution in [3.05, 3.63) is 47.0 Å². The van der Waals surface area contributed by atoms with Crippen molar-refractivity contribution in [2.75, 3.05) is 7.05 Å². The normalized spacial score (nSPS) is 11.8. The highest BCUT2D eigenvalue weighted by Crippen LogP contribution is 2.39. The van der Waals surface area contributed by atoms with Gasteiger partial charge in [0.05, 0.1) is 12.3 Å². The molecule has 0 unspecified atom stereocenters. The monoisotopic (exact) mass is 312 g/mol. The van der Waals surface area contributed by atoms with Crippen molar-refractivity contribution in [3.63, 3.8) is 0 Å². The van der Waals surface area contributed by atoms with Gasteiger partial charge in [-0.2, -0.15) is 13.5 Å². The van der Waals surface area contributed by atoms with Gasteiger partial charge < -0.3 is 15.2 Å². The molecule has 0 fully saturated rings. The molecule has 1 heterocycles. The summed E-state index contributed by atoms with van der Waals surface area (Å²) in [6, 6.07) is 3.76. The second-order valence-corrected chi connectivity index (χ2v) is 5.45. The molecule has 124 valence electrons. The number of aromatic nitrogens is 1. The first-order chi connectivity index (χ1) is 11.1. The average Bonchev–Trinajstić information content (AvgIpc) is 2.54. The van der Waals surface area contributed by atoms with E-state index in [0.29, 0.717) is 5.75 Å². The van der Waals surface area contributed by atoms with Crippen molar-refractivity contribution < 1.29 is 9.84 Å². The maximum absolute atomic E-state index is 9.51. The van der Waals surface area contributed by atoms with Crippen LogP contribution in [0.5, 0.6) is 5.75 Å². The molecule has 2 aromatic rings. The van der Waals surface area contributed by atoms with Crippen molar-refractivity contribution in [2.24, 2.45) is 0 Å². The Morgan fingerprint density at radius 1 is 1.43 bits per heavy atom. The summed E-state index contributed by atoms with van der Waals surface area (Å²) in [5.41, 5.74) is 5.57. The largest absolute Gasteiger partial charge is 0.686 e. The van der Waals surface area contributed by atoms with E-state index in [1.165, 1.54) is 0 Å². The van der Waals surface area contributed by atoms with Crippen LogP contribution in [0.2, 0.25) is 0 Å². The Labute approximate surface area is 138 Å². The fraction of sp³-hybridized carbons (Fsp3) is 0.368. The Balaban J connectivity index is 2.86. The van der Waals surface area contributed by atoms with Crippen molar-refractivity contribution in [2.45, 2.75) is 40.7 Å². The Kier molecular flexibility index (Phi) is 5.61. The first-order valence-corrected chi connectivity index (χ1v) is 7.86. The molecule has 0 aliphatic carbocycles. The SMILES string of the molecule is C[CH-]Oc1cc(CO)cc2c([N-]C)c(C)c(/C(C)=C/CC)nc12. The van der Waals surface area contributed by atoms with Gasteiger partial charge in [-0.05, 0) is 54.5 Å². The molecule has 0 amide bonds. The Morgan fingerprint density at radius 3 is 2.74 bits per heavy atom. The molecular formula is C19H24N2O2-2. The van der Waals surface area contributed by atoms with Gasteiger partial charge in [-0.15, -0.1) is 12.7 Å². The van der Waals surface area contributed by atoms with Crippen LogP contribution in [0.15, 0.2) is 18.2 Å². The van der Waals surface area contributed by atoms with E-state index < -0.39 is 0 Å². The second kappa shape index (κ2) is 7.47. The molecule has 0 bridgehead atoms. The summed E-state index contributed by atoms with van der Waals surface area (Å²) < 4.78 is 5.64. The third-order valence-corrected chi connectivity index (χ3v) is 3.86. The molecule has 0 aliphatic rings. The number of hydrogen-bond acceptors (Lipinski definition) is 3. The number of allylic oxidation sites excluding steroid dienone is 2. The Hall–Kier alpha value is -2.07. The Morgan fingerprint density at radius 2 is 2.17 bits per heavy atom. The van der Waals surface area contributed by atoms with Gasteiger partial charge in [0.25, 0.3) is 0 Å². The summed E-state index contributed by atoms with van der Waals surface area (Å²) in [5.74, 6) is 0.643. The van der Waals surface area contributed by atoms with E-state index in [2.05, 4.69) is 25.2 Å². The molecule has 0 atom stereocenters. The van der Waals surface area contributed by atoms with Crippen LogP contribution >= 0.6 is 0 Å². The molecule has 0 aliphatic heterocycles. The van der Waals surface area contributed by atoms with Crippen LogP contribution in [0.4, 0.5) is 5.69 Å². The summed E-state index contributed by atoms with van der Waals surface area (Å²) in [4.78, 5) is 4.84. The molecule has 0 saturated heterocycles. The van der Waals surface area contributed by atoms with E-state index in [-0.39, 0.29) is 6.61 Å². The lowest BCUT2D eigenvalue weighted by Crippen LogP contribution is -1.99. The summed E-state index contributed by atoms with van der Waals surface area (Å²) >= 11 is 0. The van der Waals surface area contributed by atoms with Gasteiger partial charge in [0.15, 0.2) is 0 Å². The highest BCUT2D eigenvalue weighted by Gasteiger charge is 2.12. The molecule has 0 radical (unpaired) electrons. The number of aliphatic hydroxyl groups excluding tert-OH is 1. The van der Waals surface area contributed by atoms with Crippen molar-refractivity contribution in [1.82, 2.24) is 4.98 Å². The number of aliphatic hydroxyl groups is 1. The van der Waals surface area contributed by atoms with Gasteiger partial charge in [-0.25, -0.2) is 4.98 Å². The van der Waals surface area contributed by atoms with E-state index in [4.69, 9.17) is 9.72 Å². The van der Waals surface area contributed by atoms with E-state index in [9.17, 15) is 5.11 Å². The lowest BCUT2D eigenvalue weighted by atomic mass is 10.0. The van der Waals surface area contributed by atoms with Crippen molar-refractivity contribution in [1.29, 1.82) is 0 Å². The zero-order chi connectivity index (χ0) is 17.0. The number of rotatable bonds is 6. The van der Waals surface area contributed by atoms with E-state index in [1.54, 1.807) is 13.7 Å². The first-order valence-electron chi connectivity index (χ1n) is 7.86. The van der Waals surface area contributed by atoms with Crippen LogP contribution in [0.1, 0.15) is 44.0 Å². The Bertz CT molecular complexity index is 736. The van der Waals surface area contributed by atoms with Crippen molar-refractivity contribution in [3.8, 4) is 5.75 Å². The molecule has 4 nitrogen and oxygen atoms in total. The molecular weight excluding hydrogens is 288 g/mol. The van der Waals surface area contributed by atoms with Crippen LogP contribution in [0.25, 0.3) is 21.8 Å². The molecule has 23 heavy (non-hydrogen) atoms. The van der Waals surface area contributed by atoms with Crippen molar-refractivity contribution >= 4 is 22.2 Å². The van der Waals surface area contributed by atoms with Crippen LogP contribution < -0.4 is 4.74 Å². The van der Waals surface area contributed by atoms with Gasteiger partial charge in [0.1, 0.15) is 11.3 Å². The molecule has 1 N–H and O–H groups in total. The lowest BCUT2D eigenvalue weighted by molar-refractivity contribution is 0.281. The summed E-state index contributed by atoms with van der Waals surface area (Å²) in [5, 5.41) is 14.9. The number of pyridine rings is 1. The van der Waals surface area contributed by atoms with E-state index in [1.807, 2.05) is 26.0 Å². The molecule has 2 rings (SSSR count). The maximum Gasteiger partial charge on any atom is 0.112 e. The van der Waals surface area contributed by atoms with Gasteiger partial charge in [-0.3, -0.25) is 0 Å². The van der Waals surface area contributed by atoms with E-state index in [0.717, 1.165) is 45.4 Å². The quantitative estimate of drug-likeness (QED) is 0.760. The highest BCUT2D eigenvalue weighted by molar-refractivity contribution is 5.99. The van der Waals surface area contributed by atoms with Gasteiger partial charge in [0, 0.05) is 0 Å². The van der Waals surface area contributed by atoms with Gasteiger partial charge in [-0.1, -0.05) is 13.0 Å². The topological polar surface area (TPSA) is 56.5 Å². The van der Waals surface area contributed by atoms with Gasteiger partial charge in [0.2, 0.25) is 0 Å². The van der Waals surface area contributed by atoms with Crippen LogP contribution in [-0.4, -0.2) is 17.1 Å². The van der Waals surface area contributed by atoms with Gasteiger partial charge >= 0.3 is 0 Å². The third kappa shape index (κ3) is 3.32. The minimum Gasteiger partial charge on any atom is -0.686 e. The van der Waals surface area contributed by atoms with Crippen LogP contribution in [0, 0.1) is 13.5 Å². The minimum atomic E-state index is -0.0469. The number of ether oxygens (including phenoxy) is 1. The number of nitrogens with zero attached hydrogens (tertiary/aromatic N) is 2. The smallest absolute Gasteiger partial charge is 0.112 e. The zero-order valence-corrected chi connectivity index (χ0v) is 14.5. The standard InChI is InChI=1S/C19H24N2O2/c1-6-8-12(3)17-13(4)18(20-5)15-9-14(11-22)10-16(23-7-2)19(15)21-17/h7-10,22H,6,11H2,1-5H3/q-2/b12-8+. The van der Waals surface area contributed by atoms with Crippen LogP contribution in [0.3, 0.4) is 0 Å². The summed E-state index contributed by atoms with van der Waals surface area (Å²) in [7, 11) is 1.78. The predicted octanol–water partition coefficient (Wildman–Crippen LogP) is 5.04. The molecule has 0 spiro atoms. The number of benzene rings is 1. The molecule has 1 aromatic carbocycles. The number of hydrogen-bond donors (Lipinski definition) is 1. The minimum absolute atomic E-state index is 0.0469.